The summed E-state index contributed by atoms with van der Waals surface area (Å²) in [6, 6.07) is 17.0. The summed E-state index contributed by atoms with van der Waals surface area (Å²) in [6.45, 7) is 2.87. The number of amides is 1. The summed E-state index contributed by atoms with van der Waals surface area (Å²) in [4.78, 5) is 14.8. The number of hydrogen-bond donors (Lipinski definition) is 0. The van der Waals surface area contributed by atoms with Crippen LogP contribution in [0.25, 0.3) is 0 Å². The molecule has 0 unspecified atom stereocenters. The molecule has 0 spiro atoms. The Morgan fingerprint density at radius 1 is 0.675 bits per heavy atom. The lowest BCUT2D eigenvalue weighted by Gasteiger charge is -2.23. The van der Waals surface area contributed by atoms with Gasteiger partial charge in [0.25, 0.3) is 0 Å². The minimum Gasteiger partial charge on any atom is -0.379 e. The summed E-state index contributed by atoms with van der Waals surface area (Å²) in [6.07, 6.45) is 11.0. The number of nitrogens with zero attached hydrogens (tertiary/aromatic N) is 1. The summed E-state index contributed by atoms with van der Waals surface area (Å²) < 4.78 is 56.7. The monoisotopic (exact) mass is 571 g/mol. The topological polar surface area (TPSA) is 63.7 Å². The highest BCUT2D eigenvalue weighted by molar-refractivity contribution is 7.87. The van der Waals surface area contributed by atoms with Gasteiger partial charge in [0.15, 0.2) is 0 Å². The number of carbonyl (C=O) groups excluding carboxylic acids is 1. The summed E-state index contributed by atoms with van der Waals surface area (Å²) >= 11 is 0. The Morgan fingerprint density at radius 3 is 1.65 bits per heavy atom. The normalized spacial score (nSPS) is 11.4. The van der Waals surface area contributed by atoms with E-state index in [-0.39, 0.29) is 22.4 Å². The van der Waals surface area contributed by atoms with Crippen molar-refractivity contribution in [2.75, 3.05) is 0 Å². The first-order valence-electron chi connectivity index (χ1n) is 14.1. The SMILES string of the molecule is CCCCCCCCCCCC(=O)N(Cc1ccc(F)cc1)Cc1ccc(OS(=O)(=O)c2ccc(F)cc2)cc1. The van der Waals surface area contributed by atoms with Crippen molar-refractivity contribution in [3.8, 4) is 5.75 Å². The van der Waals surface area contributed by atoms with Crippen molar-refractivity contribution in [1.82, 2.24) is 4.90 Å². The van der Waals surface area contributed by atoms with Gasteiger partial charge >= 0.3 is 10.1 Å². The predicted molar refractivity (Wildman–Crippen MR) is 153 cm³/mol. The zero-order valence-electron chi connectivity index (χ0n) is 23.2. The molecule has 0 radical (unpaired) electrons. The third kappa shape index (κ3) is 10.7. The number of halogens is 2. The average Bonchev–Trinajstić information content (AvgIpc) is 2.94. The molecule has 0 aliphatic carbocycles. The third-order valence-corrected chi connectivity index (χ3v) is 8.00. The molecule has 0 bridgehead atoms. The molecule has 216 valence electrons. The van der Waals surface area contributed by atoms with Crippen LogP contribution in [0.15, 0.2) is 77.7 Å². The van der Waals surface area contributed by atoms with E-state index in [4.69, 9.17) is 4.18 Å². The van der Waals surface area contributed by atoms with Crippen molar-refractivity contribution in [3.63, 3.8) is 0 Å². The molecule has 0 aliphatic heterocycles. The molecular formula is C32H39F2NO4S. The molecule has 8 heteroatoms. The van der Waals surface area contributed by atoms with E-state index in [0.29, 0.717) is 19.5 Å². The van der Waals surface area contributed by atoms with E-state index in [1.54, 1.807) is 29.2 Å². The minimum atomic E-state index is -4.11. The van der Waals surface area contributed by atoms with Crippen LogP contribution < -0.4 is 4.18 Å². The fourth-order valence-electron chi connectivity index (χ4n) is 4.43. The van der Waals surface area contributed by atoms with Crippen molar-refractivity contribution in [3.05, 3.63) is 95.6 Å². The van der Waals surface area contributed by atoms with Crippen molar-refractivity contribution < 1.29 is 26.2 Å². The van der Waals surface area contributed by atoms with Crippen LogP contribution in [0.3, 0.4) is 0 Å². The Morgan fingerprint density at radius 2 is 1.12 bits per heavy atom. The van der Waals surface area contributed by atoms with E-state index in [2.05, 4.69) is 6.92 Å². The lowest BCUT2D eigenvalue weighted by atomic mass is 10.1. The predicted octanol–water partition coefficient (Wildman–Crippen LogP) is 8.18. The molecule has 0 aliphatic rings. The maximum Gasteiger partial charge on any atom is 0.339 e. The van der Waals surface area contributed by atoms with E-state index in [0.717, 1.165) is 54.7 Å². The highest BCUT2D eigenvalue weighted by atomic mass is 32.2. The van der Waals surface area contributed by atoms with Crippen LogP contribution in [-0.4, -0.2) is 19.2 Å². The van der Waals surface area contributed by atoms with Gasteiger partial charge in [-0.3, -0.25) is 4.79 Å². The van der Waals surface area contributed by atoms with Gasteiger partial charge in [-0.05, 0) is 66.1 Å². The van der Waals surface area contributed by atoms with Gasteiger partial charge in [-0.15, -0.1) is 0 Å². The maximum atomic E-state index is 13.4. The van der Waals surface area contributed by atoms with Gasteiger partial charge in [0.1, 0.15) is 22.3 Å². The van der Waals surface area contributed by atoms with E-state index in [1.165, 1.54) is 62.8 Å². The lowest BCUT2D eigenvalue weighted by molar-refractivity contribution is -0.132. The number of rotatable bonds is 17. The third-order valence-electron chi connectivity index (χ3n) is 6.74. The van der Waals surface area contributed by atoms with Crippen LogP contribution in [-0.2, 0) is 28.0 Å². The van der Waals surface area contributed by atoms with Crippen molar-refractivity contribution in [1.29, 1.82) is 0 Å². The Labute approximate surface area is 237 Å². The van der Waals surface area contributed by atoms with Gasteiger partial charge in [-0.2, -0.15) is 8.42 Å². The number of hydrogen-bond acceptors (Lipinski definition) is 4. The molecule has 0 N–H and O–H groups in total. The summed E-state index contributed by atoms with van der Waals surface area (Å²) in [5, 5.41) is 0. The zero-order chi connectivity index (χ0) is 28.8. The Hall–Kier alpha value is -3.26. The summed E-state index contributed by atoms with van der Waals surface area (Å²) in [5.41, 5.74) is 1.63. The van der Waals surface area contributed by atoms with Gasteiger partial charge in [-0.1, -0.05) is 82.6 Å². The number of benzene rings is 3. The van der Waals surface area contributed by atoms with Crippen molar-refractivity contribution in [2.45, 2.75) is 89.1 Å². The fourth-order valence-corrected chi connectivity index (χ4v) is 5.36. The van der Waals surface area contributed by atoms with E-state index < -0.39 is 15.9 Å². The summed E-state index contributed by atoms with van der Waals surface area (Å²) in [7, 11) is -4.11. The van der Waals surface area contributed by atoms with Gasteiger partial charge < -0.3 is 9.08 Å². The summed E-state index contributed by atoms with van der Waals surface area (Å²) in [5.74, 6) is -0.742. The molecule has 3 aromatic rings. The molecule has 3 aromatic carbocycles. The number of carbonyl (C=O) groups is 1. The van der Waals surface area contributed by atoms with Crippen molar-refractivity contribution in [2.24, 2.45) is 0 Å². The molecule has 0 saturated heterocycles. The van der Waals surface area contributed by atoms with Crippen LogP contribution >= 0.6 is 0 Å². The van der Waals surface area contributed by atoms with Gasteiger partial charge in [-0.25, -0.2) is 8.78 Å². The smallest absolute Gasteiger partial charge is 0.339 e. The van der Waals surface area contributed by atoms with Crippen LogP contribution in [0, 0.1) is 11.6 Å². The second kappa shape index (κ2) is 16.1. The first kappa shape index (κ1) is 31.3. The molecular weight excluding hydrogens is 532 g/mol. The van der Waals surface area contributed by atoms with Crippen LogP contribution in [0.4, 0.5) is 8.78 Å². The molecule has 40 heavy (non-hydrogen) atoms. The minimum absolute atomic E-state index is 0.0199. The van der Waals surface area contributed by atoms with Gasteiger partial charge in [0.05, 0.1) is 0 Å². The van der Waals surface area contributed by atoms with Crippen LogP contribution in [0.5, 0.6) is 5.75 Å². The Balaban J connectivity index is 1.58. The van der Waals surface area contributed by atoms with E-state index in [9.17, 15) is 22.0 Å². The first-order valence-corrected chi connectivity index (χ1v) is 15.5. The number of unbranched alkanes of at least 4 members (excludes halogenated alkanes) is 8. The Kier molecular flexibility index (Phi) is 12.6. The second-order valence-electron chi connectivity index (χ2n) is 10.1. The van der Waals surface area contributed by atoms with E-state index >= 15 is 0 Å². The van der Waals surface area contributed by atoms with Gasteiger partial charge in [0.2, 0.25) is 5.91 Å². The molecule has 0 saturated carbocycles. The standard InChI is InChI=1S/C32H39F2NO4S/c1-2-3-4-5-6-7-8-9-10-11-32(36)35(24-26-12-16-28(33)17-13-26)25-27-14-20-30(21-15-27)39-40(37,38)31-22-18-29(34)19-23-31/h12-23H,2-11,24-25H2,1H3. The van der Waals surface area contributed by atoms with Gasteiger partial charge in [0, 0.05) is 19.5 Å². The molecule has 0 atom stereocenters. The largest absolute Gasteiger partial charge is 0.379 e. The first-order chi connectivity index (χ1) is 19.3. The molecule has 0 heterocycles. The molecule has 3 rings (SSSR count). The average molecular weight is 572 g/mol. The fraction of sp³-hybridized carbons (Fsp3) is 0.406. The highest BCUT2D eigenvalue weighted by Gasteiger charge is 2.18. The molecule has 1 amide bonds. The highest BCUT2D eigenvalue weighted by Crippen LogP contribution is 2.21. The molecule has 0 aromatic heterocycles. The van der Waals surface area contributed by atoms with Crippen molar-refractivity contribution >= 4 is 16.0 Å². The van der Waals surface area contributed by atoms with Crippen LogP contribution in [0.1, 0.15) is 82.3 Å². The van der Waals surface area contributed by atoms with Crippen LogP contribution in [0.2, 0.25) is 0 Å². The van der Waals surface area contributed by atoms with E-state index in [1.807, 2.05) is 0 Å². The second-order valence-corrected chi connectivity index (χ2v) is 11.6. The lowest BCUT2D eigenvalue weighted by Crippen LogP contribution is -2.30. The molecule has 0 fully saturated rings. The zero-order valence-corrected chi connectivity index (χ0v) is 24.0. The quantitative estimate of drug-likeness (QED) is 0.121. The maximum absolute atomic E-state index is 13.4. The Bertz CT molecular complexity index is 1280. The molecule has 5 nitrogen and oxygen atoms in total.